The van der Waals surface area contributed by atoms with Crippen LogP contribution < -0.4 is 10.2 Å². The van der Waals surface area contributed by atoms with E-state index < -0.39 is 0 Å². The van der Waals surface area contributed by atoms with Crippen molar-refractivity contribution in [3.63, 3.8) is 0 Å². The monoisotopic (exact) mass is 246 g/mol. The number of anilines is 1. The van der Waals surface area contributed by atoms with E-state index in [1.165, 1.54) is 24.1 Å². The Labute approximate surface area is 110 Å². The molecule has 3 nitrogen and oxygen atoms in total. The van der Waals surface area contributed by atoms with E-state index in [1.54, 1.807) is 12.2 Å². The molecule has 0 atom stereocenters. The average molecular weight is 246 g/mol. The van der Waals surface area contributed by atoms with Gasteiger partial charge in [-0.05, 0) is 37.5 Å². The van der Waals surface area contributed by atoms with Crippen molar-refractivity contribution in [1.29, 1.82) is 0 Å². The fourth-order valence-electron chi connectivity index (χ4n) is 2.32. The highest BCUT2D eigenvalue weighted by Crippen LogP contribution is 2.24. The van der Waals surface area contributed by atoms with E-state index in [-0.39, 0.29) is 7.33 Å². The summed E-state index contributed by atoms with van der Waals surface area (Å²) in [6.07, 6.45) is 5.83. The van der Waals surface area contributed by atoms with Crippen LogP contribution >= 0.6 is 0 Å². The molecule has 1 saturated heterocycles. The van der Waals surface area contributed by atoms with Gasteiger partial charge in [0.1, 0.15) is 0 Å². The predicted molar refractivity (Wildman–Crippen MR) is 76.7 cm³/mol. The molecule has 1 amide bonds. The standard InChI is InChI=1S/C15H20N2O.H2/c1-2-7-15(18)16-12-13-8-3-4-9-14(13)17-10-5-6-11-17;/h2-4,7-9H,5-6,10-12H2,1H3,(H,16,18);1H. The van der Waals surface area contributed by atoms with Crippen molar-refractivity contribution in [2.24, 2.45) is 0 Å². The molecule has 3 heteroatoms. The number of rotatable bonds is 4. The van der Waals surface area contributed by atoms with Crippen molar-refractivity contribution in [3.05, 3.63) is 42.0 Å². The molecule has 0 unspecified atom stereocenters. The normalized spacial score (nSPS) is 15.3. The molecule has 1 aliphatic heterocycles. The Morgan fingerprint density at radius 3 is 2.83 bits per heavy atom. The van der Waals surface area contributed by atoms with Gasteiger partial charge in [0, 0.05) is 26.7 Å². The maximum absolute atomic E-state index is 11.4. The minimum Gasteiger partial charge on any atom is -0.371 e. The number of hydrogen-bond donors (Lipinski definition) is 1. The van der Waals surface area contributed by atoms with Gasteiger partial charge < -0.3 is 10.2 Å². The largest absolute Gasteiger partial charge is 0.371 e. The maximum Gasteiger partial charge on any atom is 0.243 e. The van der Waals surface area contributed by atoms with Gasteiger partial charge in [-0.2, -0.15) is 0 Å². The third-order valence-corrected chi connectivity index (χ3v) is 3.21. The molecule has 0 bridgehead atoms. The number of amides is 1. The van der Waals surface area contributed by atoms with Crippen LogP contribution in [-0.2, 0) is 11.3 Å². The van der Waals surface area contributed by atoms with Gasteiger partial charge in [-0.15, -0.1) is 0 Å². The van der Waals surface area contributed by atoms with Crippen molar-refractivity contribution < 1.29 is 6.22 Å². The van der Waals surface area contributed by atoms with Gasteiger partial charge in [0.25, 0.3) is 0 Å². The Balaban J connectivity index is 0.00000180. The molecule has 1 N–H and O–H groups in total. The first-order valence-corrected chi connectivity index (χ1v) is 6.54. The third-order valence-electron chi connectivity index (χ3n) is 3.21. The maximum atomic E-state index is 11.4. The minimum absolute atomic E-state index is 0. The zero-order valence-electron chi connectivity index (χ0n) is 10.9. The number of benzene rings is 1. The van der Waals surface area contributed by atoms with Gasteiger partial charge >= 0.3 is 0 Å². The molecule has 98 valence electrons. The zero-order valence-corrected chi connectivity index (χ0v) is 10.9. The Hall–Kier alpha value is -1.77. The number of nitrogens with one attached hydrogen (secondary N) is 1. The summed E-state index contributed by atoms with van der Waals surface area (Å²) in [5, 5.41) is 2.91. The van der Waals surface area contributed by atoms with E-state index in [9.17, 15) is 4.79 Å². The van der Waals surface area contributed by atoms with E-state index in [2.05, 4.69) is 28.4 Å². The third kappa shape index (κ3) is 3.13. The van der Waals surface area contributed by atoms with Crippen LogP contribution in [0.5, 0.6) is 0 Å². The van der Waals surface area contributed by atoms with Crippen LogP contribution in [0.4, 0.5) is 5.69 Å². The number of nitrogens with zero attached hydrogens (tertiary/aromatic N) is 1. The predicted octanol–water partition coefficient (Wildman–Crippen LogP) is 2.73. The van der Waals surface area contributed by atoms with Crippen LogP contribution in [-0.4, -0.2) is 19.0 Å². The molecule has 1 aromatic carbocycles. The number of carbonyl (C=O) groups excluding carboxylic acids is 1. The minimum atomic E-state index is -0.0336. The number of carbonyl (C=O) groups is 1. The fourth-order valence-corrected chi connectivity index (χ4v) is 2.32. The molecule has 0 aromatic heterocycles. The van der Waals surface area contributed by atoms with Gasteiger partial charge in [-0.3, -0.25) is 4.79 Å². The lowest BCUT2D eigenvalue weighted by Crippen LogP contribution is -2.24. The zero-order chi connectivity index (χ0) is 12.8. The summed E-state index contributed by atoms with van der Waals surface area (Å²) < 4.78 is 0. The second-order valence-electron chi connectivity index (χ2n) is 4.54. The lowest BCUT2D eigenvalue weighted by atomic mass is 10.1. The lowest BCUT2D eigenvalue weighted by molar-refractivity contribution is -0.116. The van der Waals surface area contributed by atoms with Gasteiger partial charge in [0.05, 0.1) is 0 Å². The van der Waals surface area contributed by atoms with Crippen LogP contribution in [0.1, 0.15) is 26.8 Å². The smallest absolute Gasteiger partial charge is 0.243 e. The van der Waals surface area contributed by atoms with E-state index in [4.69, 9.17) is 0 Å². The Morgan fingerprint density at radius 2 is 2.11 bits per heavy atom. The quantitative estimate of drug-likeness (QED) is 0.828. The lowest BCUT2D eigenvalue weighted by Gasteiger charge is -2.21. The SMILES string of the molecule is CC=CC(=O)NCc1ccccc1N1CCCC1.[HH]. The fraction of sp³-hybridized carbons (Fsp3) is 0.400. The second kappa shape index (κ2) is 6.24. The summed E-state index contributed by atoms with van der Waals surface area (Å²) >= 11 is 0. The van der Waals surface area contributed by atoms with E-state index in [1.807, 2.05) is 13.0 Å². The Bertz CT molecular complexity index is 440. The molecule has 1 heterocycles. The molecule has 0 saturated carbocycles. The summed E-state index contributed by atoms with van der Waals surface area (Å²) in [6.45, 7) is 4.69. The first-order valence-electron chi connectivity index (χ1n) is 6.54. The van der Waals surface area contributed by atoms with Crippen molar-refractivity contribution in [2.45, 2.75) is 26.3 Å². The van der Waals surface area contributed by atoms with Crippen LogP contribution in [0.25, 0.3) is 0 Å². The van der Waals surface area contributed by atoms with E-state index in [0.29, 0.717) is 6.54 Å². The summed E-state index contributed by atoms with van der Waals surface area (Å²) in [6, 6.07) is 8.31. The molecule has 0 radical (unpaired) electrons. The van der Waals surface area contributed by atoms with Crippen LogP contribution in [0.3, 0.4) is 0 Å². The average Bonchev–Trinajstić information content (AvgIpc) is 2.91. The first-order chi connectivity index (χ1) is 8.81. The summed E-state index contributed by atoms with van der Waals surface area (Å²) in [7, 11) is 0. The second-order valence-corrected chi connectivity index (χ2v) is 4.54. The first kappa shape index (κ1) is 12.7. The summed E-state index contributed by atoms with van der Waals surface area (Å²) in [4.78, 5) is 13.8. The number of allylic oxidation sites excluding steroid dienone is 1. The molecule has 0 spiro atoms. The summed E-state index contributed by atoms with van der Waals surface area (Å²) in [5.41, 5.74) is 2.45. The molecular weight excluding hydrogens is 224 g/mol. The van der Waals surface area contributed by atoms with Gasteiger partial charge in [0.2, 0.25) is 5.91 Å². The van der Waals surface area contributed by atoms with Gasteiger partial charge in [-0.25, -0.2) is 0 Å². The highest BCUT2D eigenvalue weighted by Gasteiger charge is 2.15. The van der Waals surface area contributed by atoms with Gasteiger partial charge in [0.15, 0.2) is 0 Å². The van der Waals surface area contributed by atoms with E-state index >= 15 is 0 Å². The van der Waals surface area contributed by atoms with Gasteiger partial charge in [-0.1, -0.05) is 24.3 Å². The number of hydrogen-bond acceptors (Lipinski definition) is 2. The Kier molecular flexibility index (Phi) is 4.40. The van der Waals surface area contributed by atoms with E-state index in [0.717, 1.165) is 13.1 Å². The van der Waals surface area contributed by atoms with Crippen molar-refractivity contribution in [1.82, 2.24) is 5.32 Å². The molecular formula is C15H22N2O. The van der Waals surface area contributed by atoms with Crippen molar-refractivity contribution in [2.75, 3.05) is 18.0 Å². The van der Waals surface area contributed by atoms with Crippen LogP contribution in [0, 0.1) is 0 Å². The van der Waals surface area contributed by atoms with Crippen LogP contribution in [0.15, 0.2) is 36.4 Å². The molecule has 1 fully saturated rings. The summed E-state index contributed by atoms with van der Waals surface area (Å²) in [5.74, 6) is -0.0336. The highest BCUT2D eigenvalue weighted by atomic mass is 16.1. The molecule has 1 aliphatic rings. The molecule has 2 rings (SSSR count). The van der Waals surface area contributed by atoms with Crippen molar-refractivity contribution in [3.8, 4) is 0 Å². The molecule has 1 aromatic rings. The Morgan fingerprint density at radius 1 is 1.39 bits per heavy atom. The topological polar surface area (TPSA) is 32.3 Å². The molecule has 0 aliphatic carbocycles. The van der Waals surface area contributed by atoms with Crippen molar-refractivity contribution >= 4 is 11.6 Å². The molecule has 18 heavy (non-hydrogen) atoms. The highest BCUT2D eigenvalue weighted by molar-refractivity contribution is 5.87. The van der Waals surface area contributed by atoms with Crippen LogP contribution in [0.2, 0.25) is 0 Å². The number of para-hydroxylation sites is 1.